The molecule has 0 aromatic heterocycles. The Kier molecular flexibility index (Phi) is 6.08. The van der Waals surface area contributed by atoms with Gasteiger partial charge in [0, 0.05) is 51.2 Å². The lowest BCUT2D eigenvalue weighted by Gasteiger charge is -2.16. The van der Waals surface area contributed by atoms with Crippen LogP contribution < -0.4 is 10.1 Å². The zero-order valence-corrected chi connectivity index (χ0v) is 13.6. The van der Waals surface area contributed by atoms with E-state index in [2.05, 4.69) is 5.32 Å². The topological polar surface area (TPSA) is 67.9 Å². The number of methoxy groups -OCH3 is 2. The molecule has 0 unspecified atom stereocenters. The van der Waals surface area contributed by atoms with Gasteiger partial charge in [0.25, 0.3) is 5.91 Å². The van der Waals surface area contributed by atoms with Gasteiger partial charge >= 0.3 is 0 Å². The second kappa shape index (κ2) is 8.05. The Morgan fingerprint density at radius 2 is 2.00 bits per heavy atom. The highest BCUT2D eigenvalue weighted by Crippen LogP contribution is 2.21. The van der Waals surface area contributed by atoms with Crippen LogP contribution in [0.3, 0.4) is 0 Å². The molecule has 8 heteroatoms. The highest BCUT2D eigenvalue weighted by atomic mass is 19.1. The fourth-order valence-electron chi connectivity index (χ4n) is 2.62. The number of halogens is 2. The Balaban J connectivity index is 1.93. The van der Waals surface area contributed by atoms with E-state index in [4.69, 9.17) is 9.47 Å². The third kappa shape index (κ3) is 4.19. The maximum atomic E-state index is 13.9. The van der Waals surface area contributed by atoms with Crippen molar-refractivity contribution >= 4 is 11.8 Å². The van der Waals surface area contributed by atoms with Crippen molar-refractivity contribution in [3.63, 3.8) is 0 Å². The van der Waals surface area contributed by atoms with Crippen LogP contribution in [0, 0.1) is 17.6 Å². The van der Waals surface area contributed by atoms with Gasteiger partial charge in [0.15, 0.2) is 0 Å². The van der Waals surface area contributed by atoms with Gasteiger partial charge in [-0.1, -0.05) is 0 Å². The normalized spacial score (nSPS) is 17.2. The van der Waals surface area contributed by atoms with Gasteiger partial charge in [0.05, 0.1) is 13.7 Å². The molecule has 1 aliphatic rings. The molecule has 24 heavy (non-hydrogen) atoms. The summed E-state index contributed by atoms with van der Waals surface area (Å²) in [7, 11) is 2.83. The van der Waals surface area contributed by atoms with E-state index in [-0.39, 0.29) is 30.5 Å². The van der Waals surface area contributed by atoms with Crippen molar-refractivity contribution in [1.82, 2.24) is 10.2 Å². The molecule has 1 aromatic rings. The smallest absolute Gasteiger partial charge is 0.257 e. The van der Waals surface area contributed by atoms with E-state index in [0.717, 1.165) is 12.1 Å². The largest absolute Gasteiger partial charge is 0.497 e. The van der Waals surface area contributed by atoms with Crippen molar-refractivity contribution in [1.29, 1.82) is 0 Å². The van der Waals surface area contributed by atoms with Gasteiger partial charge in [-0.3, -0.25) is 9.59 Å². The summed E-state index contributed by atoms with van der Waals surface area (Å²) in [5.74, 6) is -2.95. The SMILES string of the molecule is COCCN1C[C@@H](CNC(=O)c2c(F)cc(OC)cc2F)CC1=O. The molecule has 1 aliphatic heterocycles. The van der Waals surface area contributed by atoms with Crippen molar-refractivity contribution < 1.29 is 27.8 Å². The molecule has 132 valence electrons. The van der Waals surface area contributed by atoms with E-state index < -0.39 is 23.1 Å². The van der Waals surface area contributed by atoms with Gasteiger partial charge in [-0.05, 0) is 0 Å². The predicted octanol–water partition coefficient (Wildman–Crippen LogP) is 1.20. The number of nitrogens with one attached hydrogen (secondary N) is 1. The number of nitrogens with zero attached hydrogens (tertiary/aromatic N) is 1. The number of rotatable bonds is 7. The summed E-state index contributed by atoms with van der Waals surface area (Å²) in [6.45, 7) is 1.57. The van der Waals surface area contributed by atoms with Crippen molar-refractivity contribution in [2.75, 3.05) is 40.5 Å². The lowest BCUT2D eigenvalue weighted by molar-refractivity contribution is -0.128. The van der Waals surface area contributed by atoms with Gasteiger partial charge in [-0.15, -0.1) is 0 Å². The average Bonchev–Trinajstić information content (AvgIpc) is 2.90. The molecule has 2 amide bonds. The van der Waals surface area contributed by atoms with Crippen LogP contribution in [0.25, 0.3) is 0 Å². The fourth-order valence-corrected chi connectivity index (χ4v) is 2.62. The summed E-state index contributed by atoms with van der Waals surface area (Å²) in [6, 6.07) is 1.90. The van der Waals surface area contributed by atoms with Crippen LogP contribution in [-0.2, 0) is 9.53 Å². The number of amides is 2. The third-order valence-electron chi connectivity index (χ3n) is 3.89. The van der Waals surface area contributed by atoms with E-state index in [1.807, 2.05) is 0 Å². The quantitative estimate of drug-likeness (QED) is 0.808. The maximum Gasteiger partial charge on any atom is 0.257 e. The molecule has 6 nitrogen and oxygen atoms in total. The number of hydrogen-bond acceptors (Lipinski definition) is 4. The molecule has 1 aromatic carbocycles. The van der Waals surface area contributed by atoms with Gasteiger partial charge < -0.3 is 19.7 Å². The first kappa shape index (κ1) is 18.1. The molecule has 0 saturated carbocycles. The summed E-state index contributed by atoms with van der Waals surface area (Å²) in [6.07, 6.45) is 0.289. The molecule has 1 heterocycles. The first-order chi connectivity index (χ1) is 11.5. The molecule has 0 bridgehead atoms. The van der Waals surface area contributed by atoms with Crippen molar-refractivity contribution in [3.8, 4) is 5.75 Å². The molecular weight excluding hydrogens is 322 g/mol. The van der Waals surface area contributed by atoms with Gasteiger partial charge in [0.1, 0.15) is 22.9 Å². The lowest BCUT2D eigenvalue weighted by Crippen LogP contribution is -2.33. The lowest BCUT2D eigenvalue weighted by atomic mass is 10.1. The number of benzene rings is 1. The molecule has 0 aliphatic carbocycles. The maximum absolute atomic E-state index is 13.9. The van der Waals surface area contributed by atoms with E-state index in [1.54, 1.807) is 12.0 Å². The highest BCUT2D eigenvalue weighted by molar-refractivity contribution is 5.95. The van der Waals surface area contributed by atoms with Gasteiger partial charge in [0.2, 0.25) is 5.91 Å². The molecule has 0 spiro atoms. The van der Waals surface area contributed by atoms with Crippen molar-refractivity contribution in [3.05, 3.63) is 29.3 Å². The first-order valence-electron chi connectivity index (χ1n) is 7.54. The standard InChI is InChI=1S/C16H20F2N2O4/c1-23-4-3-20-9-10(5-14(20)21)8-19-16(22)15-12(17)6-11(24-2)7-13(15)18/h6-7,10H,3-5,8-9H2,1-2H3,(H,19,22)/t10-/m1/s1. The van der Waals surface area contributed by atoms with Gasteiger partial charge in [-0.2, -0.15) is 0 Å². The monoisotopic (exact) mass is 342 g/mol. The molecule has 1 saturated heterocycles. The number of ether oxygens (including phenoxy) is 2. The Labute approximate surface area is 138 Å². The molecule has 2 rings (SSSR count). The highest BCUT2D eigenvalue weighted by Gasteiger charge is 2.30. The summed E-state index contributed by atoms with van der Waals surface area (Å²) >= 11 is 0. The summed E-state index contributed by atoms with van der Waals surface area (Å²) in [5, 5.41) is 2.49. The van der Waals surface area contributed by atoms with Crippen LogP contribution in [0.1, 0.15) is 16.8 Å². The van der Waals surface area contributed by atoms with Crippen LogP contribution >= 0.6 is 0 Å². The van der Waals surface area contributed by atoms with Crippen LogP contribution in [0.4, 0.5) is 8.78 Å². The molecule has 1 N–H and O–H groups in total. The van der Waals surface area contributed by atoms with E-state index >= 15 is 0 Å². The summed E-state index contributed by atoms with van der Waals surface area (Å²) < 4.78 is 37.4. The minimum Gasteiger partial charge on any atom is -0.497 e. The first-order valence-corrected chi connectivity index (χ1v) is 7.54. The second-order valence-corrected chi connectivity index (χ2v) is 5.58. The zero-order valence-electron chi connectivity index (χ0n) is 13.6. The number of hydrogen-bond donors (Lipinski definition) is 1. The third-order valence-corrected chi connectivity index (χ3v) is 3.89. The second-order valence-electron chi connectivity index (χ2n) is 5.58. The zero-order chi connectivity index (χ0) is 17.7. The summed E-state index contributed by atoms with van der Waals surface area (Å²) in [5.41, 5.74) is -0.656. The number of carbonyl (C=O) groups excluding carboxylic acids is 2. The van der Waals surface area contributed by atoms with E-state index in [1.165, 1.54) is 7.11 Å². The van der Waals surface area contributed by atoms with Crippen LogP contribution in [0.5, 0.6) is 5.75 Å². The Bertz CT molecular complexity index is 601. The van der Waals surface area contributed by atoms with Crippen molar-refractivity contribution in [2.45, 2.75) is 6.42 Å². The molecule has 1 atom stereocenters. The van der Waals surface area contributed by atoms with Crippen LogP contribution in [-0.4, -0.2) is 57.2 Å². The van der Waals surface area contributed by atoms with E-state index in [9.17, 15) is 18.4 Å². The van der Waals surface area contributed by atoms with Gasteiger partial charge in [-0.25, -0.2) is 8.78 Å². The van der Waals surface area contributed by atoms with Crippen LogP contribution in [0.15, 0.2) is 12.1 Å². The Morgan fingerprint density at radius 3 is 2.58 bits per heavy atom. The Morgan fingerprint density at radius 1 is 1.33 bits per heavy atom. The number of carbonyl (C=O) groups is 2. The number of likely N-dealkylation sites (tertiary alicyclic amines) is 1. The fraction of sp³-hybridized carbons (Fsp3) is 0.500. The van der Waals surface area contributed by atoms with E-state index in [0.29, 0.717) is 19.7 Å². The Hall–Kier alpha value is -2.22. The van der Waals surface area contributed by atoms with Crippen LogP contribution in [0.2, 0.25) is 0 Å². The predicted molar refractivity (Wildman–Crippen MR) is 81.8 cm³/mol. The summed E-state index contributed by atoms with van der Waals surface area (Å²) in [4.78, 5) is 25.5. The molecule has 1 fully saturated rings. The minimum absolute atomic E-state index is 0.00303. The van der Waals surface area contributed by atoms with Crippen molar-refractivity contribution in [2.24, 2.45) is 5.92 Å². The molecular formula is C16H20F2N2O4. The minimum atomic E-state index is -0.992. The molecule has 0 radical (unpaired) electrons. The average molecular weight is 342 g/mol.